The summed E-state index contributed by atoms with van der Waals surface area (Å²) in [6.07, 6.45) is 7.15. The number of nitrogens with zero attached hydrogens (tertiary/aromatic N) is 3. The van der Waals surface area contributed by atoms with Gasteiger partial charge in [0.05, 0.1) is 22.7 Å². The standard InChI is InChI=1S/C26H25Cl2N3O4S2/c1-3-4-11-35-26(32)17-31(37(33,34)23-14-19(27)13-20(28)15-23)21-5-6-24-18(12-21)8-10-30(24)25-16-22(36-2)7-9-29-25/h5-10,12-16H,3-4,11,17H2,1-2H3. The molecule has 2 aromatic carbocycles. The molecule has 0 aliphatic rings. The van der Waals surface area contributed by atoms with Crippen LogP contribution in [0.1, 0.15) is 19.8 Å². The molecule has 0 aliphatic heterocycles. The largest absolute Gasteiger partial charge is 0.464 e. The van der Waals surface area contributed by atoms with Gasteiger partial charge in [-0.1, -0.05) is 36.5 Å². The zero-order valence-electron chi connectivity index (χ0n) is 20.2. The molecule has 11 heteroatoms. The first kappa shape index (κ1) is 27.3. The third-order valence-corrected chi connectivity index (χ3v) is 8.53. The zero-order valence-corrected chi connectivity index (χ0v) is 23.4. The van der Waals surface area contributed by atoms with Gasteiger partial charge in [0.15, 0.2) is 0 Å². The number of carbonyl (C=O) groups excluding carboxylic acids is 1. The molecule has 0 fully saturated rings. The van der Waals surface area contributed by atoms with Crippen molar-refractivity contribution < 1.29 is 17.9 Å². The molecule has 0 saturated heterocycles. The van der Waals surface area contributed by atoms with Crippen molar-refractivity contribution in [1.29, 1.82) is 0 Å². The summed E-state index contributed by atoms with van der Waals surface area (Å²) in [5.74, 6) is 0.0908. The van der Waals surface area contributed by atoms with Crippen molar-refractivity contribution in [3.05, 3.63) is 77.0 Å². The van der Waals surface area contributed by atoms with Crippen molar-refractivity contribution in [3.63, 3.8) is 0 Å². The maximum atomic E-state index is 13.7. The molecule has 0 saturated carbocycles. The first-order valence-electron chi connectivity index (χ1n) is 11.5. The van der Waals surface area contributed by atoms with Crippen LogP contribution in [0, 0.1) is 0 Å². The number of unbranched alkanes of at least 4 members (excludes halogenated alkanes) is 1. The molecule has 0 spiro atoms. The first-order chi connectivity index (χ1) is 17.7. The molecular weight excluding hydrogens is 553 g/mol. The van der Waals surface area contributed by atoms with E-state index in [1.165, 1.54) is 18.2 Å². The molecule has 4 rings (SSSR count). The Kier molecular flexibility index (Phi) is 8.69. The van der Waals surface area contributed by atoms with Crippen molar-refractivity contribution >= 4 is 67.5 Å². The minimum absolute atomic E-state index is 0.123. The summed E-state index contributed by atoms with van der Waals surface area (Å²) in [7, 11) is -4.21. The highest BCUT2D eigenvalue weighted by Crippen LogP contribution is 2.31. The summed E-state index contributed by atoms with van der Waals surface area (Å²) < 4.78 is 35.7. The number of sulfonamides is 1. The van der Waals surface area contributed by atoms with Crippen LogP contribution >= 0.6 is 35.0 Å². The number of fused-ring (bicyclic) bond motifs is 1. The second-order valence-corrected chi connectivity index (χ2v) is 11.8. The Hall–Kier alpha value is -2.72. The van der Waals surface area contributed by atoms with Gasteiger partial charge in [-0.15, -0.1) is 11.8 Å². The van der Waals surface area contributed by atoms with Crippen molar-refractivity contribution in [3.8, 4) is 5.82 Å². The summed E-state index contributed by atoms with van der Waals surface area (Å²) in [4.78, 5) is 18.0. The van der Waals surface area contributed by atoms with Gasteiger partial charge in [-0.25, -0.2) is 13.4 Å². The summed E-state index contributed by atoms with van der Waals surface area (Å²) in [6, 6.07) is 15.0. The lowest BCUT2D eigenvalue weighted by molar-refractivity contribution is -0.141. The van der Waals surface area contributed by atoms with E-state index in [1.54, 1.807) is 36.2 Å². The molecule has 2 heterocycles. The smallest absolute Gasteiger partial charge is 0.326 e. The van der Waals surface area contributed by atoms with Gasteiger partial charge in [-0.05, 0) is 67.3 Å². The predicted octanol–water partition coefficient (Wildman–Crippen LogP) is 6.59. The van der Waals surface area contributed by atoms with Crippen LogP contribution in [-0.4, -0.2) is 43.3 Å². The fourth-order valence-electron chi connectivity index (χ4n) is 3.76. The van der Waals surface area contributed by atoms with E-state index in [-0.39, 0.29) is 21.5 Å². The van der Waals surface area contributed by atoms with Crippen LogP contribution in [0.15, 0.2) is 76.8 Å². The van der Waals surface area contributed by atoms with E-state index in [9.17, 15) is 13.2 Å². The van der Waals surface area contributed by atoms with E-state index in [0.717, 1.165) is 32.3 Å². The number of aromatic nitrogens is 2. The lowest BCUT2D eigenvalue weighted by atomic mass is 10.2. The molecule has 0 atom stereocenters. The highest BCUT2D eigenvalue weighted by Gasteiger charge is 2.29. The van der Waals surface area contributed by atoms with E-state index < -0.39 is 22.5 Å². The highest BCUT2D eigenvalue weighted by molar-refractivity contribution is 7.98. The van der Waals surface area contributed by atoms with Crippen LogP contribution in [0.2, 0.25) is 10.0 Å². The topological polar surface area (TPSA) is 81.5 Å². The van der Waals surface area contributed by atoms with Gasteiger partial charge in [-0.3, -0.25) is 9.10 Å². The number of rotatable bonds is 10. The number of halogens is 2. The average molecular weight is 579 g/mol. The minimum atomic E-state index is -4.21. The molecule has 4 aromatic rings. The lowest BCUT2D eigenvalue weighted by Crippen LogP contribution is -2.36. The van der Waals surface area contributed by atoms with Crippen LogP contribution in [0.3, 0.4) is 0 Å². The molecule has 37 heavy (non-hydrogen) atoms. The van der Waals surface area contributed by atoms with Crippen LogP contribution < -0.4 is 4.31 Å². The normalized spacial score (nSPS) is 11.6. The molecule has 0 aliphatic carbocycles. The monoisotopic (exact) mass is 577 g/mol. The SMILES string of the molecule is CCCCOC(=O)CN(c1ccc2c(ccn2-c2cc(SC)ccn2)c1)S(=O)(=O)c1cc(Cl)cc(Cl)c1. The zero-order chi connectivity index (χ0) is 26.6. The van der Waals surface area contributed by atoms with Gasteiger partial charge in [0.2, 0.25) is 0 Å². The van der Waals surface area contributed by atoms with Crippen LogP contribution in [0.25, 0.3) is 16.7 Å². The minimum Gasteiger partial charge on any atom is -0.464 e. The predicted molar refractivity (Wildman–Crippen MR) is 150 cm³/mol. The quantitative estimate of drug-likeness (QED) is 0.120. The van der Waals surface area contributed by atoms with E-state index in [0.29, 0.717) is 12.1 Å². The average Bonchev–Trinajstić information content (AvgIpc) is 3.30. The maximum Gasteiger partial charge on any atom is 0.326 e. The summed E-state index contributed by atoms with van der Waals surface area (Å²) in [6.45, 7) is 1.69. The van der Waals surface area contributed by atoms with Crippen molar-refractivity contribution in [2.75, 3.05) is 23.7 Å². The second kappa shape index (κ2) is 11.8. The summed E-state index contributed by atoms with van der Waals surface area (Å²) >= 11 is 13.8. The fourth-order valence-corrected chi connectivity index (χ4v) is 6.30. The highest BCUT2D eigenvalue weighted by atomic mass is 35.5. The van der Waals surface area contributed by atoms with Gasteiger partial charge >= 0.3 is 5.97 Å². The van der Waals surface area contributed by atoms with Gasteiger partial charge in [0.1, 0.15) is 12.4 Å². The number of esters is 1. The number of anilines is 1. The van der Waals surface area contributed by atoms with E-state index >= 15 is 0 Å². The molecule has 194 valence electrons. The molecule has 2 aromatic heterocycles. The first-order valence-corrected chi connectivity index (χ1v) is 14.9. The number of carbonyl (C=O) groups is 1. The van der Waals surface area contributed by atoms with Gasteiger partial charge < -0.3 is 9.30 Å². The number of benzene rings is 2. The number of hydrogen-bond acceptors (Lipinski definition) is 6. The van der Waals surface area contributed by atoms with Gasteiger partial charge in [0, 0.05) is 32.7 Å². The maximum absolute atomic E-state index is 13.7. The molecule has 0 radical (unpaired) electrons. The van der Waals surface area contributed by atoms with E-state index in [1.807, 2.05) is 42.1 Å². The third kappa shape index (κ3) is 6.23. The summed E-state index contributed by atoms with van der Waals surface area (Å²) in [5, 5.41) is 1.12. The van der Waals surface area contributed by atoms with Crippen LogP contribution in [0.5, 0.6) is 0 Å². The Bertz CT molecular complexity index is 1520. The number of ether oxygens (including phenoxy) is 1. The van der Waals surface area contributed by atoms with Crippen molar-refractivity contribution in [1.82, 2.24) is 9.55 Å². The van der Waals surface area contributed by atoms with Crippen LogP contribution in [0.4, 0.5) is 5.69 Å². The van der Waals surface area contributed by atoms with Crippen LogP contribution in [-0.2, 0) is 19.6 Å². The van der Waals surface area contributed by atoms with E-state index in [4.69, 9.17) is 27.9 Å². The lowest BCUT2D eigenvalue weighted by Gasteiger charge is -2.24. The molecule has 0 amide bonds. The molecular formula is C26H25Cl2N3O4S2. The Labute approximate surface area is 230 Å². The Morgan fingerprint density at radius 2 is 1.84 bits per heavy atom. The number of pyridine rings is 1. The Morgan fingerprint density at radius 1 is 1.08 bits per heavy atom. The van der Waals surface area contributed by atoms with Gasteiger partial charge in [-0.2, -0.15) is 0 Å². The van der Waals surface area contributed by atoms with Gasteiger partial charge in [0.25, 0.3) is 10.0 Å². The third-order valence-electron chi connectivity index (χ3n) is 5.62. The number of thioether (sulfide) groups is 1. The summed E-state index contributed by atoms with van der Waals surface area (Å²) in [5.41, 5.74) is 1.14. The Balaban J connectivity index is 1.76. The van der Waals surface area contributed by atoms with E-state index in [2.05, 4.69) is 4.98 Å². The molecule has 0 bridgehead atoms. The molecule has 0 unspecified atom stereocenters. The van der Waals surface area contributed by atoms with Crippen molar-refractivity contribution in [2.45, 2.75) is 29.6 Å². The van der Waals surface area contributed by atoms with Crippen molar-refractivity contribution in [2.24, 2.45) is 0 Å². The fraction of sp³-hybridized carbons (Fsp3) is 0.231. The number of hydrogen-bond donors (Lipinski definition) is 0. The molecule has 0 N–H and O–H groups in total. The molecule has 7 nitrogen and oxygen atoms in total. The second-order valence-electron chi connectivity index (χ2n) is 8.17. The Morgan fingerprint density at radius 3 is 2.54 bits per heavy atom.